The number of hydrogen-bond acceptors (Lipinski definition) is 4. The zero-order valence-electron chi connectivity index (χ0n) is 23.0. The molecule has 1 atom stereocenters. The highest BCUT2D eigenvalue weighted by atomic mass is 19.1. The number of rotatable bonds is 10. The first-order chi connectivity index (χ1) is 19.1. The van der Waals surface area contributed by atoms with Gasteiger partial charge >= 0.3 is 5.69 Å². The van der Waals surface area contributed by atoms with Crippen LogP contribution in [-0.2, 0) is 19.5 Å². The van der Waals surface area contributed by atoms with Crippen molar-refractivity contribution in [3.8, 4) is 16.9 Å². The fraction of sp³-hybridized carbons (Fsp3) is 0.290. The standard InChI is InChI=1S/C31H32F3N3O3/c1-20-28(23-12-8-15-27(40-4)29(23)34)30(38)37(18-22(35(2)3)17-16-21-10-6-5-7-11-21)31(39)36(20)19-24-25(32)13-9-14-26(24)33/h5-15,22H,16-19H2,1-4H3/t22-/m0/s1. The third-order valence-corrected chi connectivity index (χ3v) is 7.25. The molecule has 210 valence electrons. The van der Waals surface area contributed by atoms with Gasteiger partial charge in [-0.15, -0.1) is 0 Å². The molecule has 6 nitrogen and oxygen atoms in total. The number of ether oxygens (including phenoxy) is 1. The third-order valence-electron chi connectivity index (χ3n) is 7.25. The van der Waals surface area contributed by atoms with Crippen LogP contribution < -0.4 is 16.0 Å². The number of methoxy groups -OCH3 is 1. The molecule has 0 saturated carbocycles. The van der Waals surface area contributed by atoms with E-state index in [0.29, 0.717) is 12.8 Å². The van der Waals surface area contributed by atoms with Crippen LogP contribution in [0.5, 0.6) is 5.75 Å². The second-order valence-corrected chi connectivity index (χ2v) is 9.91. The van der Waals surface area contributed by atoms with Crippen molar-refractivity contribution in [2.45, 2.75) is 38.9 Å². The molecule has 0 N–H and O–H groups in total. The van der Waals surface area contributed by atoms with Gasteiger partial charge in [0.2, 0.25) is 0 Å². The average Bonchev–Trinajstić information content (AvgIpc) is 2.93. The highest BCUT2D eigenvalue weighted by Gasteiger charge is 2.25. The van der Waals surface area contributed by atoms with Crippen molar-refractivity contribution in [3.05, 3.63) is 122 Å². The molecule has 0 aliphatic carbocycles. The average molecular weight is 552 g/mol. The van der Waals surface area contributed by atoms with E-state index >= 15 is 4.39 Å². The summed E-state index contributed by atoms with van der Waals surface area (Å²) < 4.78 is 52.0. The predicted molar refractivity (Wildman–Crippen MR) is 149 cm³/mol. The van der Waals surface area contributed by atoms with Crippen LogP contribution in [0.1, 0.15) is 23.2 Å². The van der Waals surface area contributed by atoms with Gasteiger partial charge < -0.3 is 9.64 Å². The quantitative estimate of drug-likeness (QED) is 0.278. The Morgan fingerprint density at radius 1 is 0.875 bits per heavy atom. The fourth-order valence-corrected chi connectivity index (χ4v) is 4.86. The minimum Gasteiger partial charge on any atom is -0.494 e. The van der Waals surface area contributed by atoms with Crippen LogP contribution >= 0.6 is 0 Å². The van der Waals surface area contributed by atoms with Gasteiger partial charge in [0.25, 0.3) is 5.56 Å². The lowest BCUT2D eigenvalue weighted by Gasteiger charge is -2.26. The Kier molecular flexibility index (Phi) is 8.94. The molecule has 4 rings (SSSR count). The number of benzene rings is 3. The summed E-state index contributed by atoms with van der Waals surface area (Å²) in [5, 5.41) is 0. The number of aromatic nitrogens is 2. The minimum atomic E-state index is -0.827. The molecule has 1 heterocycles. The molecule has 0 fully saturated rings. The second-order valence-electron chi connectivity index (χ2n) is 9.91. The molecule has 0 spiro atoms. The normalized spacial score (nSPS) is 12.1. The molecule has 0 unspecified atom stereocenters. The highest BCUT2D eigenvalue weighted by Crippen LogP contribution is 2.29. The number of halogens is 3. The van der Waals surface area contributed by atoms with Gasteiger partial charge in [-0.25, -0.2) is 18.0 Å². The van der Waals surface area contributed by atoms with Gasteiger partial charge in [-0.2, -0.15) is 0 Å². The summed E-state index contributed by atoms with van der Waals surface area (Å²) in [6, 6.07) is 17.4. The summed E-state index contributed by atoms with van der Waals surface area (Å²) in [4.78, 5) is 29.6. The highest BCUT2D eigenvalue weighted by molar-refractivity contribution is 5.67. The zero-order valence-corrected chi connectivity index (χ0v) is 23.0. The Morgan fingerprint density at radius 3 is 2.15 bits per heavy atom. The Hall–Kier alpha value is -4.11. The van der Waals surface area contributed by atoms with Crippen molar-refractivity contribution in [1.29, 1.82) is 0 Å². The Labute approximate surface area is 230 Å². The van der Waals surface area contributed by atoms with E-state index in [-0.39, 0.29) is 40.7 Å². The van der Waals surface area contributed by atoms with Crippen molar-refractivity contribution < 1.29 is 17.9 Å². The Balaban J connectivity index is 1.89. The molecule has 9 heteroatoms. The van der Waals surface area contributed by atoms with Crippen LogP contribution in [0.2, 0.25) is 0 Å². The lowest BCUT2D eigenvalue weighted by molar-refractivity contribution is 0.244. The monoisotopic (exact) mass is 551 g/mol. The maximum Gasteiger partial charge on any atom is 0.331 e. The van der Waals surface area contributed by atoms with Crippen molar-refractivity contribution >= 4 is 0 Å². The van der Waals surface area contributed by atoms with Gasteiger partial charge in [0.1, 0.15) is 11.6 Å². The summed E-state index contributed by atoms with van der Waals surface area (Å²) in [5.41, 5.74) is -0.695. The molecule has 3 aromatic carbocycles. The third kappa shape index (κ3) is 5.89. The fourth-order valence-electron chi connectivity index (χ4n) is 4.86. The van der Waals surface area contributed by atoms with E-state index < -0.39 is 35.2 Å². The van der Waals surface area contributed by atoms with Gasteiger partial charge in [0.15, 0.2) is 11.6 Å². The van der Waals surface area contributed by atoms with E-state index in [1.807, 2.05) is 49.3 Å². The molecule has 1 aromatic heterocycles. The largest absolute Gasteiger partial charge is 0.494 e. The first-order valence-electron chi connectivity index (χ1n) is 12.9. The molecule has 0 aliphatic heterocycles. The van der Waals surface area contributed by atoms with Crippen LogP contribution in [-0.4, -0.2) is 41.3 Å². The molecular formula is C31H32F3N3O3. The summed E-state index contributed by atoms with van der Waals surface area (Å²) >= 11 is 0. The Morgan fingerprint density at radius 2 is 1.52 bits per heavy atom. The van der Waals surface area contributed by atoms with Crippen LogP contribution in [0.3, 0.4) is 0 Å². The molecule has 0 bridgehead atoms. The topological polar surface area (TPSA) is 56.5 Å². The van der Waals surface area contributed by atoms with E-state index in [9.17, 15) is 18.4 Å². The van der Waals surface area contributed by atoms with E-state index in [1.165, 1.54) is 38.3 Å². The summed E-state index contributed by atoms with van der Waals surface area (Å²) in [7, 11) is 5.01. The van der Waals surface area contributed by atoms with E-state index in [1.54, 1.807) is 0 Å². The zero-order chi connectivity index (χ0) is 29.0. The first-order valence-corrected chi connectivity index (χ1v) is 12.9. The minimum absolute atomic E-state index is 0.00385. The maximum atomic E-state index is 15.4. The lowest BCUT2D eigenvalue weighted by atomic mass is 10.0. The van der Waals surface area contributed by atoms with Crippen LogP contribution in [0.4, 0.5) is 13.2 Å². The van der Waals surface area contributed by atoms with E-state index in [4.69, 9.17) is 4.74 Å². The predicted octanol–water partition coefficient (Wildman–Crippen LogP) is 5.02. The molecular weight excluding hydrogens is 519 g/mol. The Bertz CT molecular complexity index is 1590. The molecule has 0 saturated heterocycles. The van der Waals surface area contributed by atoms with E-state index in [0.717, 1.165) is 26.8 Å². The van der Waals surface area contributed by atoms with E-state index in [2.05, 4.69) is 0 Å². The number of hydrogen-bond donors (Lipinski definition) is 0. The smallest absolute Gasteiger partial charge is 0.331 e. The second kappa shape index (κ2) is 12.4. The van der Waals surface area contributed by atoms with Crippen molar-refractivity contribution in [3.63, 3.8) is 0 Å². The van der Waals surface area contributed by atoms with Crippen LogP contribution in [0.25, 0.3) is 11.1 Å². The van der Waals surface area contributed by atoms with Crippen LogP contribution in [0.15, 0.2) is 76.3 Å². The number of nitrogens with zero attached hydrogens (tertiary/aromatic N) is 3. The van der Waals surface area contributed by atoms with Gasteiger partial charge in [-0.3, -0.25) is 13.9 Å². The van der Waals surface area contributed by atoms with Gasteiger partial charge in [0, 0.05) is 29.4 Å². The molecule has 40 heavy (non-hydrogen) atoms. The number of likely N-dealkylation sites (N-methyl/N-ethyl adjacent to an activating group) is 1. The number of aryl methyl sites for hydroxylation is 1. The SMILES string of the molecule is COc1cccc(-c2c(C)n(Cc3c(F)cccc3F)c(=O)n(C[C@H](CCc3ccccc3)N(C)C)c2=O)c1F. The van der Waals surface area contributed by atoms with Crippen molar-refractivity contribution in [2.75, 3.05) is 21.2 Å². The van der Waals surface area contributed by atoms with Gasteiger partial charge in [-0.05, 0) is 57.6 Å². The molecule has 0 aliphatic rings. The maximum absolute atomic E-state index is 15.4. The first kappa shape index (κ1) is 28.9. The van der Waals surface area contributed by atoms with Gasteiger partial charge in [-0.1, -0.05) is 48.5 Å². The summed E-state index contributed by atoms with van der Waals surface area (Å²) in [6.45, 7) is 0.994. The molecule has 4 aromatic rings. The molecule has 0 amide bonds. The van der Waals surface area contributed by atoms with Crippen molar-refractivity contribution in [1.82, 2.24) is 14.0 Å². The summed E-state index contributed by atoms with van der Waals surface area (Å²) in [5.74, 6) is -2.50. The molecule has 0 radical (unpaired) electrons. The van der Waals surface area contributed by atoms with Crippen LogP contribution in [0, 0.1) is 24.4 Å². The lowest BCUT2D eigenvalue weighted by Crippen LogP contribution is -2.47. The van der Waals surface area contributed by atoms with Crippen molar-refractivity contribution in [2.24, 2.45) is 0 Å². The summed E-state index contributed by atoms with van der Waals surface area (Å²) in [6.07, 6.45) is 1.33. The van der Waals surface area contributed by atoms with Gasteiger partial charge in [0.05, 0.1) is 19.2 Å².